The number of unbranched alkanes of at least 4 members (excludes halogenated alkanes) is 14. The lowest BCUT2D eigenvalue weighted by Gasteiger charge is -2.33. The van der Waals surface area contributed by atoms with Gasteiger partial charge in [-0.3, -0.25) is 4.48 Å². The molecule has 30 heavy (non-hydrogen) atoms. The van der Waals surface area contributed by atoms with Gasteiger partial charge in [-0.1, -0.05) is 96.1 Å². The Hall–Kier alpha value is -0.670. The van der Waals surface area contributed by atoms with Gasteiger partial charge in [0.05, 0.1) is 19.7 Å². The summed E-state index contributed by atoms with van der Waals surface area (Å²) >= 11 is 0. The molecule has 1 N–H and O–H groups in total. The van der Waals surface area contributed by atoms with E-state index < -0.39 is 0 Å². The number of aliphatic imine (C=N–C) groups is 1. The first-order valence-electron chi connectivity index (χ1n) is 13.4. The molecule has 1 aliphatic heterocycles. The van der Waals surface area contributed by atoms with E-state index in [1.165, 1.54) is 109 Å². The van der Waals surface area contributed by atoms with Crippen molar-refractivity contribution < 1.29 is 9.59 Å². The molecule has 3 heteroatoms. The fraction of sp³-hybridized carbons (Fsp3) is 0.889. The van der Waals surface area contributed by atoms with E-state index in [4.69, 9.17) is 4.99 Å². The molecular formula is C27H53N2O+. The number of hydrogen-bond donors (Lipinski definition) is 1. The highest BCUT2D eigenvalue weighted by atomic mass is 16.3. The molecule has 0 fully saturated rings. The second-order valence-corrected chi connectivity index (χ2v) is 9.30. The highest BCUT2D eigenvalue weighted by molar-refractivity contribution is 5.76. The van der Waals surface area contributed by atoms with E-state index in [9.17, 15) is 5.11 Å². The highest BCUT2D eigenvalue weighted by Gasteiger charge is 2.35. The Bertz CT molecular complexity index is 446. The van der Waals surface area contributed by atoms with Crippen LogP contribution < -0.4 is 0 Å². The number of hydrogen-bond acceptors (Lipinski definition) is 2. The van der Waals surface area contributed by atoms with E-state index in [2.05, 4.69) is 26.0 Å². The minimum Gasteiger partial charge on any atom is -0.390 e. The lowest BCUT2D eigenvalue weighted by Crippen LogP contribution is -2.52. The van der Waals surface area contributed by atoms with Crippen molar-refractivity contribution in [1.29, 1.82) is 0 Å². The number of quaternary nitrogens is 1. The molecule has 1 aliphatic rings. The van der Waals surface area contributed by atoms with E-state index >= 15 is 0 Å². The molecule has 0 aromatic rings. The van der Waals surface area contributed by atoms with Crippen LogP contribution in [0.2, 0.25) is 0 Å². The van der Waals surface area contributed by atoms with Crippen LogP contribution in [0.25, 0.3) is 0 Å². The van der Waals surface area contributed by atoms with E-state index in [0.29, 0.717) is 0 Å². The topological polar surface area (TPSA) is 32.6 Å². The number of amidine groups is 1. The number of aliphatic hydroxyl groups excluding tert-OH is 1. The number of nitrogens with zero attached hydrogens (tertiary/aromatic N) is 2. The molecule has 1 heterocycles. The third kappa shape index (κ3) is 12.2. The summed E-state index contributed by atoms with van der Waals surface area (Å²) in [5, 5.41) is 9.40. The molecule has 1 rings (SSSR count). The van der Waals surface area contributed by atoms with Crippen LogP contribution in [-0.2, 0) is 0 Å². The maximum Gasteiger partial charge on any atom is 0.198 e. The van der Waals surface area contributed by atoms with Crippen molar-refractivity contribution >= 4 is 5.84 Å². The van der Waals surface area contributed by atoms with Crippen LogP contribution in [0.5, 0.6) is 0 Å². The predicted molar refractivity (Wildman–Crippen MR) is 133 cm³/mol. The van der Waals surface area contributed by atoms with Crippen LogP contribution in [0.15, 0.2) is 17.1 Å². The van der Waals surface area contributed by atoms with Gasteiger partial charge in [0.25, 0.3) is 0 Å². The van der Waals surface area contributed by atoms with Gasteiger partial charge in [0, 0.05) is 6.42 Å². The maximum atomic E-state index is 9.40. The maximum absolute atomic E-state index is 9.40. The molecule has 3 nitrogen and oxygen atoms in total. The minimum atomic E-state index is 0.282. The van der Waals surface area contributed by atoms with Gasteiger partial charge >= 0.3 is 0 Å². The molecular weight excluding hydrogens is 368 g/mol. The SMILES string of the molecule is CC/C=C/CCCCCCCCCCCCCCCCC1=NCC[N+]1(CC)CCO. The summed E-state index contributed by atoms with van der Waals surface area (Å²) in [5.74, 6) is 1.36. The molecule has 0 amide bonds. The average molecular weight is 422 g/mol. The Kier molecular flexibility index (Phi) is 17.4. The highest BCUT2D eigenvalue weighted by Crippen LogP contribution is 2.20. The van der Waals surface area contributed by atoms with Crippen molar-refractivity contribution in [2.24, 2.45) is 4.99 Å². The van der Waals surface area contributed by atoms with Gasteiger partial charge in [-0.25, -0.2) is 4.99 Å². The summed E-state index contributed by atoms with van der Waals surface area (Å²) in [6.45, 7) is 8.72. The molecule has 0 saturated carbocycles. The third-order valence-corrected chi connectivity index (χ3v) is 6.93. The zero-order valence-corrected chi connectivity index (χ0v) is 20.6. The zero-order chi connectivity index (χ0) is 21.8. The minimum absolute atomic E-state index is 0.282. The van der Waals surface area contributed by atoms with Crippen LogP contribution in [0.4, 0.5) is 0 Å². The fourth-order valence-corrected chi connectivity index (χ4v) is 4.85. The van der Waals surface area contributed by atoms with Crippen LogP contribution in [0.1, 0.15) is 123 Å². The molecule has 176 valence electrons. The number of rotatable bonds is 21. The van der Waals surface area contributed by atoms with Crippen molar-refractivity contribution in [1.82, 2.24) is 0 Å². The van der Waals surface area contributed by atoms with Gasteiger partial charge in [0.15, 0.2) is 5.84 Å². The van der Waals surface area contributed by atoms with Crippen molar-refractivity contribution in [3.05, 3.63) is 12.2 Å². The molecule has 0 spiro atoms. The molecule has 0 bridgehead atoms. The lowest BCUT2D eigenvalue weighted by atomic mass is 10.0. The lowest BCUT2D eigenvalue weighted by molar-refractivity contribution is -0.835. The molecule has 0 aliphatic carbocycles. The first-order chi connectivity index (χ1) is 14.8. The summed E-state index contributed by atoms with van der Waals surface area (Å²) in [4.78, 5) is 4.77. The molecule has 0 radical (unpaired) electrons. The summed E-state index contributed by atoms with van der Waals surface area (Å²) < 4.78 is 0.951. The Morgan fingerprint density at radius 1 is 0.767 bits per heavy atom. The van der Waals surface area contributed by atoms with E-state index in [1.807, 2.05) is 0 Å². The standard InChI is InChI=1S/C27H53N2O/c1-3-5-6-7-8-9-10-11-12-13-14-15-16-17-18-19-20-21-22-27-28-23-24-29(27,4-2)25-26-30/h5-6,30H,3-4,7-26H2,1-2H3/q+1/b6-5+. The Labute approximate surface area is 188 Å². The van der Waals surface area contributed by atoms with Gasteiger partial charge < -0.3 is 5.11 Å². The monoisotopic (exact) mass is 421 g/mol. The molecule has 0 saturated heterocycles. The quantitative estimate of drug-likeness (QED) is 0.117. The fourth-order valence-electron chi connectivity index (χ4n) is 4.85. The van der Waals surface area contributed by atoms with Crippen LogP contribution in [0, 0.1) is 0 Å². The molecule has 1 atom stereocenters. The summed E-state index contributed by atoms with van der Waals surface area (Å²) in [6, 6.07) is 0. The van der Waals surface area contributed by atoms with Gasteiger partial charge in [-0.05, 0) is 32.6 Å². The normalized spacial score (nSPS) is 19.1. The summed E-state index contributed by atoms with van der Waals surface area (Å²) in [7, 11) is 0. The van der Waals surface area contributed by atoms with Crippen molar-refractivity contribution in [2.45, 2.75) is 123 Å². The van der Waals surface area contributed by atoms with Crippen LogP contribution >= 0.6 is 0 Å². The van der Waals surface area contributed by atoms with Gasteiger partial charge in [0.1, 0.15) is 13.1 Å². The second-order valence-electron chi connectivity index (χ2n) is 9.30. The number of allylic oxidation sites excluding steroid dienone is 2. The number of likely N-dealkylation sites (N-methyl/N-ethyl adjacent to an activating group) is 1. The Morgan fingerprint density at radius 2 is 1.30 bits per heavy atom. The van der Waals surface area contributed by atoms with Gasteiger partial charge in [-0.2, -0.15) is 0 Å². The van der Waals surface area contributed by atoms with Gasteiger partial charge in [-0.15, -0.1) is 0 Å². The number of aliphatic hydroxyl groups is 1. The molecule has 0 aromatic carbocycles. The molecule has 0 aromatic heterocycles. The smallest absolute Gasteiger partial charge is 0.198 e. The van der Waals surface area contributed by atoms with E-state index in [-0.39, 0.29) is 6.61 Å². The van der Waals surface area contributed by atoms with Crippen LogP contribution in [-0.4, -0.2) is 48.2 Å². The predicted octanol–water partition coefficient (Wildman–Crippen LogP) is 7.44. The van der Waals surface area contributed by atoms with Gasteiger partial charge in [0.2, 0.25) is 0 Å². The van der Waals surface area contributed by atoms with Crippen molar-refractivity contribution in [3.8, 4) is 0 Å². The Morgan fingerprint density at radius 3 is 1.80 bits per heavy atom. The van der Waals surface area contributed by atoms with E-state index in [0.717, 1.165) is 37.1 Å². The second kappa shape index (κ2) is 19.0. The average Bonchev–Trinajstić information content (AvgIpc) is 3.16. The van der Waals surface area contributed by atoms with Crippen molar-refractivity contribution in [2.75, 3.05) is 32.8 Å². The summed E-state index contributed by atoms with van der Waals surface area (Å²) in [6.07, 6.45) is 28.0. The summed E-state index contributed by atoms with van der Waals surface area (Å²) in [5.41, 5.74) is 0. The third-order valence-electron chi connectivity index (χ3n) is 6.93. The first kappa shape index (κ1) is 27.4. The zero-order valence-electron chi connectivity index (χ0n) is 20.6. The molecule has 1 unspecified atom stereocenters. The first-order valence-corrected chi connectivity index (χ1v) is 13.4. The van der Waals surface area contributed by atoms with Crippen molar-refractivity contribution in [3.63, 3.8) is 0 Å². The largest absolute Gasteiger partial charge is 0.390 e. The van der Waals surface area contributed by atoms with Crippen LogP contribution in [0.3, 0.4) is 0 Å². The van der Waals surface area contributed by atoms with E-state index in [1.54, 1.807) is 0 Å². The Balaban J connectivity index is 1.83.